The first kappa shape index (κ1) is 10.5. The molecule has 3 aromatic heterocycles. The number of carboxylic acid groups (broad SMARTS) is 1. The highest BCUT2D eigenvalue weighted by Crippen LogP contribution is 2.17. The van der Waals surface area contributed by atoms with Crippen LogP contribution in [0.1, 0.15) is 0 Å². The first-order valence-corrected chi connectivity index (χ1v) is 5.17. The highest BCUT2D eigenvalue weighted by Gasteiger charge is 2.11. The molecule has 0 saturated carbocycles. The predicted octanol–water partition coefficient (Wildman–Crippen LogP) is 1.17. The second-order valence-electron chi connectivity index (χ2n) is 3.65. The molecule has 0 spiro atoms. The number of rotatable bonds is 3. The van der Waals surface area contributed by atoms with E-state index >= 15 is 0 Å². The Morgan fingerprint density at radius 1 is 1.44 bits per heavy atom. The molecule has 3 rings (SSSR count). The van der Waals surface area contributed by atoms with Gasteiger partial charge in [-0.25, -0.2) is 15.0 Å². The second-order valence-corrected chi connectivity index (χ2v) is 3.65. The Labute approximate surface area is 101 Å². The van der Waals surface area contributed by atoms with E-state index < -0.39 is 5.97 Å². The minimum atomic E-state index is -0.951. The van der Waals surface area contributed by atoms with Crippen molar-refractivity contribution in [3.63, 3.8) is 0 Å². The maximum absolute atomic E-state index is 10.7. The summed E-state index contributed by atoms with van der Waals surface area (Å²) >= 11 is 0. The lowest BCUT2D eigenvalue weighted by Gasteiger charge is -2.00. The van der Waals surface area contributed by atoms with Gasteiger partial charge in [-0.1, -0.05) is 0 Å². The zero-order chi connectivity index (χ0) is 12.5. The van der Waals surface area contributed by atoms with Gasteiger partial charge in [-0.15, -0.1) is 0 Å². The summed E-state index contributed by atoms with van der Waals surface area (Å²) in [5, 5.41) is 8.79. The summed E-state index contributed by atoms with van der Waals surface area (Å²) in [6, 6.07) is 3.47. The van der Waals surface area contributed by atoms with Gasteiger partial charge in [0, 0.05) is 0 Å². The number of furan rings is 1. The van der Waals surface area contributed by atoms with E-state index in [-0.39, 0.29) is 6.54 Å². The number of aliphatic carboxylic acids is 1. The molecule has 0 saturated heterocycles. The topological polar surface area (TPSA) is 94.0 Å². The molecule has 0 atom stereocenters. The van der Waals surface area contributed by atoms with E-state index in [1.807, 2.05) is 0 Å². The quantitative estimate of drug-likeness (QED) is 0.743. The van der Waals surface area contributed by atoms with Crippen LogP contribution in [0.4, 0.5) is 0 Å². The van der Waals surface area contributed by atoms with Crippen LogP contribution in [0.25, 0.3) is 22.7 Å². The van der Waals surface area contributed by atoms with Gasteiger partial charge in [0.1, 0.15) is 12.1 Å². The Balaban J connectivity index is 2.12. The van der Waals surface area contributed by atoms with Crippen LogP contribution in [0.3, 0.4) is 0 Å². The average molecular weight is 244 g/mol. The van der Waals surface area contributed by atoms with E-state index in [1.54, 1.807) is 18.3 Å². The Kier molecular flexibility index (Phi) is 2.30. The van der Waals surface area contributed by atoms with Gasteiger partial charge in [-0.3, -0.25) is 4.79 Å². The molecular formula is C11H8N4O3. The zero-order valence-corrected chi connectivity index (χ0v) is 9.15. The van der Waals surface area contributed by atoms with Gasteiger partial charge in [0.15, 0.2) is 17.2 Å². The summed E-state index contributed by atoms with van der Waals surface area (Å²) < 4.78 is 6.65. The number of carbonyl (C=O) groups is 1. The van der Waals surface area contributed by atoms with Crippen molar-refractivity contribution in [2.24, 2.45) is 0 Å². The van der Waals surface area contributed by atoms with E-state index in [0.29, 0.717) is 22.7 Å². The van der Waals surface area contributed by atoms with Crippen molar-refractivity contribution < 1.29 is 14.3 Å². The fraction of sp³-hybridized carbons (Fsp3) is 0.0909. The number of imidazole rings is 1. The third-order valence-electron chi connectivity index (χ3n) is 2.41. The van der Waals surface area contributed by atoms with Crippen molar-refractivity contribution in [1.82, 2.24) is 19.5 Å². The Bertz CT molecular complexity index is 702. The lowest BCUT2D eigenvalue weighted by Crippen LogP contribution is -2.08. The number of hydrogen-bond acceptors (Lipinski definition) is 5. The van der Waals surface area contributed by atoms with Crippen LogP contribution in [0.5, 0.6) is 0 Å². The van der Waals surface area contributed by atoms with Crippen molar-refractivity contribution in [2.45, 2.75) is 6.54 Å². The molecule has 7 heteroatoms. The largest absolute Gasteiger partial charge is 0.480 e. The summed E-state index contributed by atoms with van der Waals surface area (Å²) in [6.07, 6.45) is 4.50. The minimum Gasteiger partial charge on any atom is -0.480 e. The maximum atomic E-state index is 10.7. The molecule has 0 radical (unpaired) electrons. The van der Waals surface area contributed by atoms with E-state index in [4.69, 9.17) is 9.52 Å². The molecule has 0 aliphatic rings. The first-order valence-electron chi connectivity index (χ1n) is 5.17. The monoisotopic (exact) mass is 244 g/mol. The molecule has 3 aromatic rings. The molecule has 90 valence electrons. The van der Waals surface area contributed by atoms with E-state index in [2.05, 4.69) is 15.0 Å². The Hall–Kier alpha value is -2.70. The smallest absolute Gasteiger partial charge is 0.323 e. The fourth-order valence-corrected chi connectivity index (χ4v) is 1.64. The summed E-state index contributed by atoms with van der Waals surface area (Å²) in [5.41, 5.74) is 1.02. The van der Waals surface area contributed by atoms with E-state index in [1.165, 1.54) is 17.2 Å². The van der Waals surface area contributed by atoms with Gasteiger partial charge in [-0.05, 0) is 12.1 Å². The van der Waals surface area contributed by atoms with Crippen LogP contribution in [0.2, 0.25) is 0 Å². The molecule has 0 bridgehead atoms. The normalized spacial score (nSPS) is 10.9. The maximum Gasteiger partial charge on any atom is 0.323 e. The molecule has 18 heavy (non-hydrogen) atoms. The molecule has 7 nitrogen and oxygen atoms in total. The third kappa shape index (κ3) is 1.71. The van der Waals surface area contributed by atoms with Gasteiger partial charge in [-0.2, -0.15) is 0 Å². The SMILES string of the molecule is O=C(O)Cn1cnc2cnc(-c3ccco3)nc21. The van der Waals surface area contributed by atoms with Gasteiger partial charge in [0.2, 0.25) is 0 Å². The number of hydrogen-bond donors (Lipinski definition) is 1. The lowest BCUT2D eigenvalue weighted by atomic mass is 10.4. The third-order valence-corrected chi connectivity index (χ3v) is 2.41. The second kappa shape index (κ2) is 3.95. The predicted molar refractivity (Wildman–Crippen MR) is 60.7 cm³/mol. The number of fused-ring (bicyclic) bond motifs is 1. The molecule has 0 fully saturated rings. The Morgan fingerprint density at radius 3 is 3.06 bits per heavy atom. The summed E-state index contributed by atoms with van der Waals surface area (Å²) in [5.74, 6) is -0.0212. The Morgan fingerprint density at radius 2 is 2.33 bits per heavy atom. The molecule has 0 amide bonds. The van der Waals surface area contributed by atoms with Crippen molar-refractivity contribution >= 4 is 17.1 Å². The van der Waals surface area contributed by atoms with Gasteiger partial charge < -0.3 is 14.1 Å². The van der Waals surface area contributed by atoms with Gasteiger partial charge in [0.25, 0.3) is 0 Å². The highest BCUT2D eigenvalue weighted by atomic mass is 16.4. The zero-order valence-electron chi connectivity index (χ0n) is 9.15. The van der Waals surface area contributed by atoms with Crippen molar-refractivity contribution in [2.75, 3.05) is 0 Å². The number of aromatic nitrogens is 4. The van der Waals surface area contributed by atoms with Crippen molar-refractivity contribution in [3.8, 4) is 11.6 Å². The first-order chi connectivity index (χ1) is 8.74. The molecule has 0 aliphatic heterocycles. The highest BCUT2D eigenvalue weighted by molar-refractivity contribution is 5.74. The molecule has 0 aliphatic carbocycles. The van der Waals surface area contributed by atoms with Crippen LogP contribution in [-0.2, 0) is 11.3 Å². The molecule has 1 N–H and O–H groups in total. The standard InChI is InChI=1S/C11H8N4O3/c16-9(17)5-15-6-13-7-4-12-10(14-11(7)15)8-2-1-3-18-8/h1-4,6H,5H2,(H,16,17). The molecule has 0 unspecified atom stereocenters. The average Bonchev–Trinajstić information content (AvgIpc) is 2.98. The van der Waals surface area contributed by atoms with E-state index in [0.717, 1.165) is 0 Å². The molecule has 3 heterocycles. The van der Waals surface area contributed by atoms with Crippen LogP contribution in [0.15, 0.2) is 35.3 Å². The van der Waals surface area contributed by atoms with E-state index in [9.17, 15) is 4.79 Å². The fourth-order valence-electron chi connectivity index (χ4n) is 1.64. The van der Waals surface area contributed by atoms with Crippen molar-refractivity contribution in [1.29, 1.82) is 0 Å². The van der Waals surface area contributed by atoms with Gasteiger partial charge in [0.05, 0.1) is 18.8 Å². The minimum absolute atomic E-state index is 0.189. The van der Waals surface area contributed by atoms with Crippen LogP contribution in [0, 0.1) is 0 Å². The van der Waals surface area contributed by atoms with Crippen LogP contribution in [-0.4, -0.2) is 30.6 Å². The van der Waals surface area contributed by atoms with Gasteiger partial charge >= 0.3 is 5.97 Å². The number of carboxylic acids is 1. The van der Waals surface area contributed by atoms with Crippen LogP contribution < -0.4 is 0 Å². The number of nitrogens with zero attached hydrogens (tertiary/aromatic N) is 4. The molecule has 0 aromatic carbocycles. The summed E-state index contributed by atoms with van der Waals surface area (Å²) in [4.78, 5) is 23.1. The summed E-state index contributed by atoms with van der Waals surface area (Å²) in [7, 11) is 0. The summed E-state index contributed by atoms with van der Waals surface area (Å²) in [6.45, 7) is -0.189. The van der Waals surface area contributed by atoms with Crippen LogP contribution >= 0.6 is 0 Å². The van der Waals surface area contributed by atoms with Crippen molar-refractivity contribution in [3.05, 3.63) is 30.9 Å². The lowest BCUT2D eigenvalue weighted by molar-refractivity contribution is -0.137. The molecular weight excluding hydrogens is 236 g/mol.